The van der Waals surface area contributed by atoms with Crippen molar-refractivity contribution in [3.63, 3.8) is 0 Å². The Kier molecular flexibility index (Phi) is 3.36. The fourth-order valence-corrected chi connectivity index (χ4v) is 1.99. The van der Waals surface area contributed by atoms with Crippen LogP contribution in [0.3, 0.4) is 0 Å². The van der Waals surface area contributed by atoms with Gasteiger partial charge in [0.05, 0.1) is 0 Å². The summed E-state index contributed by atoms with van der Waals surface area (Å²) in [6, 6.07) is 18.4. The molecule has 0 saturated heterocycles. The highest BCUT2D eigenvalue weighted by atomic mass is 16.7. The Labute approximate surface area is 112 Å². The van der Waals surface area contributed by atoms with Crippen molar-refractivity contribution in [2.45, 2.75) is 12.8 Å². The van der Waals surface area contributed by atoms with Crippen molar-refractivity contribution in [1.82, 2.24) is 0 Å². The van der Waals surface area contributed by atoms with Crippen molar-refractivity contribution in [2.24, 2.45) is 0 Å². The molecule has 1 N–H and O–H groups in total. The predicted octanol–water partition coefficient (Wildman–Crippen LogP) is 3.82. The molecule has 3 heteroatoms. The lowest BCUT2D eigenvalue weighted by atomic mass is 10.1. The minimum atomic E-state index is -0.321. The van der Waals surface area contributed by atoms with E-state index in [-0.39, 0.29) is 6.29 Å². The van der Waals surface area contributed by atoms with Crippen molar-refractivity contribution in [3.8, 4) is 0 Å². The number of benzene rings is 2. The van der Waals surface area contributed by atoms with Gasteiger partial charge in [0.2, 0.25) is 0 Å². The van der Waals surface area contributed by atoms with E-state index in [1.54, 1.807) is 12.5 Å². The standard InChI is InChI=1S/C16H15NO2/c1-2-5-13(6-3-1)12-17-15-8-4-7-14(11-15)16-18-9-10-19-16/h1-11,16-17H,12H2. The summed E-state index contributed by atoms with van der Waals surface area (Å²) in [5.41, 5.74) is 3.31. The van der Waals surface area contributed by atoms with Crippen LogP contribution in [-0.4, -0.2) is 0 Å². The first-order valence-electron chi connectivity index (χ1n) is 6.25. The third-order valence-corrected chi connectivity index (χ3v) is 2.96. The lowest BCUT2D eigenvalue weighted by Crippen LogP contribution is -2.02. The predicted molar refractivity (Wildman–Crippen MR) is 74.3 cm³/mol. The summed E-state index contributed by atoms with van der Waals surface area (Å²) in [6.45, 7) is 0.801. The van der Waals surface area contributed by atoms with Crippen LogP contribution in [0.4, 0.5) is 5.69 Å². The zero-order valence-electron chi connectivity index (χ0n) is 10.5. The molecule has 0 aromatic heterocycles. The van der Waals surface area contributed by atoms with Crippen LogP contribution in [0, 0.1) is 0 Å². The van der Waals surface area contributed by atoms with Gasteiger partial charge in [-0.25, -0.2) is 0 Å². The van der Waals surface area contributed by atoms with Crippen LogP contribution < -0.4 is 5.32 Å². The van der Waals surface area contributed by atoms with E-state index in [4.69, 9.17) is 9.47 Å². The van der Waals surface area contributed by atoms with Gasteiger partial charge in [0.25, 0.3) is 6.29 Å². The van der Waals surface area contributed by atoms with E-state index < -0.39 is 0 Å². The van der Waals surface area contributed by atoms with Gasteiger partial charge >= 0.3 is 0 Å². The minimum absolute atomic E-state index is 0.321. The van der Waals surface area contributed by atoms with E-state index >= 15 is 0 Å². The van der Waals surface area contributed by atoms with Gasteiger partial charge < -0.3 is 14.8 Å². The Morgan fingerprint density at radius 3 is 2.47 bits per heavy atom. The zero-order chi connectivity index (χ0) is 12.9. The molecule has 0 aliphatic carbocycles. The summed E-state index contributed by atoms with van der Waals surface area (Å²) < 4.78 is 10.7. The molecule has 0 fully saturated rings. The molecule has 0 saturated carbocycles. The Balaban J connectivity index is 1.66. The lowest BCUT2D eigenvalue weighted by molar-refractivity contribution is -0.0245. The van der Waals surface area contributed by atoms with E-state index in [0.29, 0.717) is 0 Å². The first-order chi connectivity index (χ1) is 9.42. The molecule has 19 heavy (non-hydrogen) atoms. The largest absolute Gasteiger partial charge is 0.455 e. The SMILES string of the molecule is C1=COC(c2cccc(NCc3ccccc3)c2)O1. The Morgan fingerprint density at radius 1 is 0.895 bits per heavy atom. The van der Waals surface area contributed by atoms with Gasteiger partial charge in [-0.1, -0.05) is 42.5 Å². The van der Waals surface area contributed by atoms with E-state index in [2.05, 4.69) is 17.4 Å². The molecule has 0 unspecified atom stereocenters. The molecule has 1 aliphatic heterocycles. The molecule has 0 spiro atoms. The molecule has 96 valence electrons. The maximum Gasteiger partial charge on any atom is 0.266 e. The van der Waals surface area contributed by atoms with Crippen molar-refractivity contribution < 1.29 is 9.47 Å². The molecule has 3 rings (SSSR count). The van der Waals surface area contributed by atoms with Crippen LogP contribution >= 0.6 is 0 Å². The highest BCUT2D eigenvalue weighted by Gasteiger charge is 2.15. The minimum Gasteiger partial charge on any atom is -0.455 e. The Morgan fingerprint density at radius 2 is 1.68 bits per heavy atom. The van der Waals surface area contributed by atoms with Crippen LogP contribution in [0.5, 0.6) is 0 Å². The van der Waals surface area contributed by atoms with E-state index in [9.17, 15) is 0 Å². The van der Waals surface area contributed by atoms with Gasteiger partial charge in [0, 0.05) is 17.8 Å². The average molecular weight is 253 g/mol. The molecule has 1 aliphatic rings. The maximum atomic E-state index is 5.33. The van der Waals surface area contributed by atoms with Crippen molar-refractivity contribution in [3.05, 3.63) is 78.2 Å². The van der Waals surface area contributed by atoms with Crippen LogP contribution in [0.25, 0.3) is 0 Å². The number of ether oxygens (including phenoxy) is 2. The quantitative estimate of drug-likeness (QED) is 0.898. The summed E-state index contributed by atoms with van der Waals surface area (Å²) in [4.78, 5) is 0. The lowest BCUT2D eigenvalue weighted by Gasteiger charge is -2.12. The Bertz CT molecular complexity index is 558. The molecule has 0 atom stereocenters. The monoisotopic (exact) mass is 253 g/mol. The van der Waals surface area contributed by atoms with Gasteiger partial charge in [-0.05, 0) is 17.7 Å². The van der Waals surface area contributed by atoms with Gasteiger partial charge in [0.1, 0.15) is 12.5 Å². The number of hydrogen-bond acceptors (Lipinski definition) is 3. The smallest absolute Gasteiger partial charge is 0.266 e. The Hall–Kier alpha value is -2.42. The molecule has 2 aromatic carbocycles. The summed E-state index contributed by atoms with van der Waals surface area (Å²) in [6.07, 6.45) is 2.81. The molecule has 1 heterocycles. The second kappa shape index (κ2) is 5.48. The van der Waals surface area contributed by atoms with Gasteiger partial charge in [-0.3, -0.25) is 0 Å². The van der Waals surface area contributed by atoms with Crippen molar-refractivity contribution in [2.75, 3.05) is 5.32 Å². The highest BCUT2D eigenvalue weighted by Crippen LogP contribution is 2.26. The highest BCUT2D eigenvalue weighted by molar-refractivity contribution is 5.46. The third kappa shape index (κ3) is 2.88. The van der Waals surface area contributed by atoms with Crippen LogP contribution in [-0.2, 0) is 16.0 Å². The van der Waals surface area contributed by atoms with Gasteiger partial charge in [-0.15, -0.1) is 0 Å². The molecular formula is C16H15NO2. The van der Waals surface area contributed by atoms with Crippen LogP contribution in [0.2, 0.25) is 0 Å². The van der Waals surface area contributed by atoms with Crippen molar-refractivity contribution in [1.29, 1.82) is 0 Å². The molecular weight excluding hydrogens is 238 g/mol. The maximum absolute atomic E-state index is 5.33. The fourth-order valence-electron chi connectivity index (χ4n) is 1.99. The molecule has 0 bridgehead atoms. The van der Waals surface area contributed by atoms with Gasteiger partial charge in [-0.2, -0.15) is 0 Å². The first-order valence-corrected chi connectivity index (χ1v) is 6.25. The molecule has 2 aromatic rings. The third-order valence-electron chi connectivity index (χ3n) is 2.96. The summed E-state index contributed by atoms with van der Waals surface area (Å²) in [5.74, 6) is 0. The number of anilines is 1. The normalized spacial score (nSPS) is 13.9. The molecule has 0 radical (unpaired) electrons. The second-order valence-electron chi connectivity index (χ2n) is 4.34. The topological polar surface area (TPSA) is 30.5 Å². The number of rotatable bonds is 4. The second-order valence-corrected chi connectivity index (χ2v) is 4.34. The molecule has 3 nitrogen and oxygen atoms in total. The summed E-state index contributed by atoms with van der Waals surface area (Å²) >= 11 is 0. The number of nitrogens with one attached hydrogen (secondary N) is 1. The van der Waals surface area contributed by atoms with Crippen molar-refractivity contribution >= 4 is 5.69 Å². The number of hydrogen-bond donors (Lipinski definition) is 1. The van der Waals surface area contributed by atoms with E-state index in [0.717, 1.165) is 17.8 Å². The summed E-state index contributed by atoms with van der Waals surface area (Å²) in [7, 11) is 0. The van der Waals surface area contributed by atoms with Crippen LogP contribution in [0.15, 0.2) is 67.1 Å². The average Bonchev–Trinajstić information content (AvgIpc) is 3.01. The van der Waals surface area contributed by atoms with E-state index in [1.165, 1.54) is 5.56 Å². The fraction of sp³-hybridized carbons (Fsp3) is 0.125. The zero-order valence-corrected chi connectivity index (χ0v) is 10.5. The van der Waals surface area contributed by atoms with Gasteiger partial charge in [0.15, 0.2) is 0 Å². The first kappa shape index (κ1) is 11.7. The summed E-state index contributed by atoms with van der Waals surface area (Å²) in [5, 5.41) is 3.39. The molecule has 0 amide bonds. The van der Waals surface area contributed by atoms with Crippen LogP contribution in [0.1, 0.15) is 17.4 Å². The van der Waals surface area contributed by atoms with E-state index in [1.807, 2.05) is 42.5 Å².